The molecule has 0 saturated heterocycles. The molecule has 0 bridgehead atoms. The second-order valence-electron chi connectivity index (χ2n) is 4.38. The number of imidazole rings is 1. The van der Waals surface area contributed by atoms with Crippen LogP contribution in [0.4, 0.5) is 19.1 Å². The third kappa shape index (κ3) is 2.06. The maximum Gasteiger partial charge on any atom is 0.206 e. The molecule has 4 nitrogen and oxygen atoms in total. The molecule has 7 heteroatoms. The van der Waals surface area contributed by atoms with E-state index in [1.807, 2.05) is 0 Å². The second-order valence-corrected chi connectivity index (χ2v) is 4.38. The van der Waals surface area contributed by atoms with E-state index in [2.05, 4.69) is 4.98 Å². The molecule has 0 aliphatic heterocycles. The zero-order chi connectivity index (χ0) is 15.1. The van der Waals surface area contributed by atoms with Crippen LogP contribution in [0.25, 0.3) is 16.7 Å². The van der Waals surface area contributed by atoms with E-state index in [9.17, 15) is 13.2 Å². The Morgan fingerprint density at radius 2 is 1.86 bits per heavy atom. The number of hydrogen-bond acceptors (Lipinski definition) is 3. The smallest absolute Gasteiger partial charge is 0.206 e. The Hall–Kier alpha value is -2.70. The van der Waals surface area contributed by atoms with Gasteiger partial charge >= 0.3 is 0 Å². The highest BCUT2D eigenvalue weighted by Crippen LogP contribution is 2.29. The molecule has 2 N–H and O–H groups in total. The van der Waals surface area contributed by atoms with Gasteiger partial charge in [0.15, 0.2) is 11.6 Å². The minimum absolute atomic E-state index is 0.0186. The molecule has 3 rings (SSSR count). The van der Waals surface area contributed by atoms with E-state index >= 15 is 0 Å². The van der Waals surface area contributed by atoms with Gasteiger partial charge in [0.1, 0.15) is 11.6 Å². The van der Waals surface area contributed by atoms with Crippen molar-refractivity contribution in [2.24, 2.45) is 0 Å². The minimum Gasteiger partial charge on any atom is -0.494 e. The summed E-state index contributed by atoms with van der Waals surface area (Å²) in [5.74, 6) is -2.17. The van der Waals surface area contributed by atoms with Crippen LogP contribution in [0.3, 0.4) is 0 Å². The SMILES string of the molecule is COc1cc2c(cc1F)nc(N)n2-c1ccc(F)cc1F. The molecule has 0 aliphatic carbocycles. The summed E-state index contributed by atoms with van der Waals surface area (Å²) in [6.07, 6.45) is 0. The maximum absolute atomic E-state index is 13.9. The molecule has 0 amide bonds. The van der Waals surface area contributed by atoms with Gasteiger partial charge in [-0.1, -0.05) is 0 Å². The number of nitrogens with two attached hydrogens (primary N) is 1. The minimum atomic E-state index is -0.802. The molecule has 0 unspecified atom stereocenters. The number of nitrogens with zero attached hydrogens (tertiary/aromatic N) is 2. The predicted octanol–water partition coefficient (Wildman–Crippen LogP) is 3.03. The monoisotopic (exact) mass is 293 g/mol. The van der Waals surface area contributed by atoms with Crippen LogP contribution in [0.15, 0.2) is 30.3 Å². The highest BCUT2D eigenvalue weighted by Gasteiger charge is 2.17. The van der Waals surface area contributed by atoms with Gasteiger partial charge in [0.25, 0.3) is 0 Å². The van der Waals surface area contributed by atoms with E-state index in [1.54, 1.807) is 0 Å². The average Bonchev–Trinajstić information content (AvgIpc) is 2.73. The molecule has 3 aromatic rings. The number of hydrogen-bond donors (Lipinski definition) is 1. The van der Waals surface area contributed by atoms with Gasteiger partial charge in [0.05, 0.1) is 23.8 Å². The molecule has 0 atom stereocenters. The fraction of sp³-hybridized carbons (Fsp3) is 0.0714. The average molecular weight is 293 g/mol. The van der Waals surface area contributed by atoms with Crippen LogP contribution in [0.1, 0.15) is 0 Å². The molecular weight excluding hydrogens is 283 g/mol. The van der Waals surface area contributed by atoms with Gasteiger partial charge in [-0.2, -0.15) is 0 Å². The number of methoxy groups -OCH3 is 1. The molecule has 0 saturated carbocycles. The zero-order valence-corrected chi connectivity index (χ0v) is 10.9. The summed E-state index contributed by atoms with van der Waals surface area (Å²) < 4.78 is 46.8. The van der Waals surface area contributed by atoms with E-state index in [1.165, 1.54) is 23.8 Å². The third-order valence-electron chi connectivity index (χ3n) is 3.10. The van der Waals surface area contributed by atoms with Gasteiger partial charge in [-0.15, -0.1) is 0 Å². The summed E-state index contributed by atoms with van der Waals surface area (Å²) in [4.78, 5) is 3.97. The van der Waals surface area contributed by atoms with Crippen molar-refractivity contribution in [1.82, 2.24) is 9.55 Å². The molecule has 1 heterocycles. The molecule has 1 aromatic heterocycles. The van der Waals surface area contributed by atoms with Crippen LogP contribution < -0.4 is 10.5 Å². The first kappa shape index (κ1) is 13.3. The van der Waals surface area contributed by atoms with Crippen LogP contribution >= 0.6 is 0 Å². The lowest BCUT2D eigenvalue weighted by atomic mass is 10.2. The van der Waals surface area contributed by atoms with Crippen molar-refractivity contribution in [1.29, 1.82) is 0 Å². The zero-order valence-electron chi connectivity index (χ0n) is 10.9. The van der Waals surface area contributed by atoms with Crippen LogP contribution in [0, 0.1) is 17.5 Å². The number of nitrogen functional groups attached to an aromatic ring is 1. The first-order chi connectivity index (χ1) is 10.0. The van der Waals surface area contributed by atoms with Gasteiger partial charge in [-0.25, -0.2) is 18.2 Å². The number of rotatable bonds is 2. The Morgan fingerprint density at radius 1 is 1.10 bits per heavy atom. The van der Waals surface area contributed by atoms with Gasteiger partial charge in [0, 0.05) is 18.2 Å². The lowest BCUT2D eigenvalue weighted by Gasteiger charge is -2.09. The summed E-state index contributed by atoms with van der Waals surface area (Å²) in [6, 6.07) is 5.57. The molecule has 108 valence electrons. The van der Waals surface area contributed by atoms with Crippen LogP contribution in [-0.4, -0.2) is 16.7 Å². The Bertz CT molecular complexity index is 845. The van der Waals surface area contributed by atoms with Crippen LogP contribution in [0.5, 0.6) is 5.75 Å². The molecule has 0 fully saturated rings. The third-order valence-corrected chi connectivity index (χ3v) is 3.10. The Morgan fingerprint density at radius 3 is 2.52 bits per heavy atom. The Kier molecular flexibility index (Phi) is 2.97. The molecular formula is C14H10F3N3O. The summed E-state index contributed by atoms with van der Waals surface area (Å²) in [5.41, 5.74) is 6.38. The van der Waals surface area contributed by atoms with Crippen molar-refractivity contribution in [3.63, 3.8) is 0 Å². The van der Waals surface area contributed by atoms with Crippen molar-refractivity contribution >= 4 is 17.0 Å². The van der Waals surface area contributed by atoms with E-state index in [4.69, 9.17) is 10.5 Å². The van der Waals surface area contributed by atoms with Crippen LogP contribution in [-0.2, 0) is 0 Å². The fourth-order valence-corrected chi connectivity index (χ4v) is 2.17. The molecule has 2 aromatic carbocycles. The summed E-state index contributed by atoms with van der Waals surface area (Å²) in [5, 5.41) is 0. The van der Waals surface area contributed by atoms with Gasteiger partial charge < -0.3 is 10.5 Å². The summed E-state index contributed by atoms with van der Waals surface area (Å²) in [7, 11) is 1.31. The number of halogens is 3. The molecule has 0 radical (unpaired) electrons. The van der Waals surface area contributed by atoms with E-state index in [0.29, 0.717) is 5.52 Å². The number of anilines is 1. The lowest BCUT2D eigenvalue weighted by Crippen LogP contribution is -2.03. The highest BCUT2D eigenvalue weighted by atomic mass is 19.1. The van der Waals surface area contributed by atoms with Gasteiger partial charge in [-0.05, 0) is 12.1 Å². The van der Waals surface area contributed by atoms with Crippen molar-refractivity contribution in [3.8, 4) is 11.4 Å². The summed E-state index contributed by atoms with van der Waals surface area (Å²) in [6.45, 7) is 0. The van der Waals surface area contributed by atoms with Gasteiger partial charge in [-0.3, -0.25) is 4.57 Å². The highest BCUT2D eigenvalue weighted by molar-refractivity contribution is 5.82. The van der Waals surface area contributed by atoms with Crippen molar-refractivity contribution < 1.29 is 17.9 Å². The standard InChI is InChI=1S/C14H10F3N3O/c1-21-13-6-12-10(5-9(13)17)19-14(18)20(12)11-3-2-7(15)4-8(11)16/h2-6H,1H3,(H2,18,19). The maximum atomic E-state index is 13.9. The summed E-state index contributed by atoms with van der Waals surface area (Å²) >= 11 is 0. The van der Waals surface area contributed by atoms with Crippen molar-refractivity contribution in [2.75, 3.05) is 12.8 Å². The van der Waals surface area contributed by atoms with E-state index < -0.39 is 17.5 Å². The Balaban J connectivity index is 2.33. The van der Waals surface area contributed by atoms with Gasteiger partial charge in [0.2, 0.25) is 5.95 Å². The first-order valence-electron chi connectivity index (χ1n) is 5.98. The largest absolute Gasteiger partial charge is 0.494 e. The van der Waals surface area contributed by atoms with Crippen LogP contribution in [0.2, 0.25) is 0 Å². The van der Waals surface area contributed by atoms with Crippen molar-refractivity contribution in [3.05, 3.63) is 47.8 Å². The predicted molar refractivity (Wildman–Crippen MR) is 71.9 cm³/mol. The number of benzene rings is 2. The van der Waals surface area contributed by atoms with E-state index in [-0.39, 0.29) is 22.9 Å². The molecule has 0 aliphatic rings. The molecule has 21 heavy (non-hydrogen) atoms. The first-order valence-corrected chi connectivity index (χ1v) is 5.98. The quantitative estimate of drug-likeness (QED) is 0.790. The van der Waals surface area contributed by atoms with E-state index in [0.717, 1.165) is 18.2 Å². The normalized spacial score (nSPS) is 11.0. The fourth-order valence-electron chi connectivity index (χ4n) is 2.17. The molecule has 0 spiro atoms. The van der Waals surface area contributed by atoms with Crippen molar-refractivity contribution in [2.45, 2.75) is 0 Å². The number of ether oxygens (including phenoxy) is 1. The second kappa shape index (κ2) is 4.69. The number of aromatic nitrogens is 2. The topological polar surface area (TPSA) is 53.1 Å². The Labute approximate surface area is 117 Å². The number of fused-ring (bicyclic) bond motifs is 1. The lowest BCUT2D eigenvalue weighted by molar-refractivity contribution is 0.387.